The topological polar surface area (TPSA) is 78.9 Å². The van der Waals surface area contributed by atoms with E-state index in [0.717, 1.165) is 0 Å². The van der Waals surface area contributed by atoms with Gasteiger partial charge < -0.3 is 14.0 Å². The summed E-state index contributed by atoms with van der Waals surface area (Å²) in [6.45, 7) is 0.629. The first-order valence-corrected chi connectivity index (χ1v) is 10.3. The van der Waals surface area contributed by atoms with Crippen LogP contribution < -0.4 is 9.47 Å². The Bertz CT molecular complexity index is 920. The number of ether oxygens (including phenoxy) is 2. The molecule has 0 aromatic heterocycles. The Morgan fingerprint density at radius 2 is 1.89 bits per heavy atom. The van der Waals surface area contributed by atoms with Gasteiger partial charge in [-0.05, 0) is 24.3 Å². The van der Waals surface area contributed by atoms with E-state index in [1.165, 1.54) is 17.5 Å². The number of fused-ring (bicyclic) bond motifs is 1. The number of hydrogen-bond donors (Lipinski definition) is 0. The molecule has 0 bridgehead atoms. The van der Waals surface area contributed by atoms with Gasteiger partial charge in [0.2, 0.25) is 0 Å². The minimum absolute atomic E-state index is 0.0564. The fourth-order valence-corrected chi connectivity index (χ4v) is 5.24. The van der Waals surface area contributed by atoms with Crippen LogP contribution in [0.4, 0.5) is 0 Å². The molecule has 0 aliphatic carbocycles. The van der Waals surface area contributed by atoms with Gasteiger partial charge in [-0.15, -0.1) is 4.31 Å². The molecule has 1 saturated heterocycles. The van der Waals surface area contributed by atoms with E-state index in [-0.39, 0.29) is 17.1 Å². The smallest absolute Gasteiger partial charge is 0.179 e. The van der Waals surface area contributed by atoms with Crippen LogP contribution in [0, 0.1) is 0 Å². The van der Waals surface area contributed by atoms with Crippen molar-refractivity contribution < 1.29 is 23.0 Å². The Morgan fingerprint density at radius 1 is 1.15 bits per heavy atom. The first-order valence-electron chi connectivity index (χ1n) is 8.89. The van der Waals surface area contributed by atoms with Gasteiger partial charge in [-0.25, -0.2) is 0 Å². The van der Waals surface area contributed by atoms with Crippen molar-refractivity contribution in [1.29, 1.82) is 0 Å². The summed E-state index contributed by atoms with van der Waals surface area (Å²) < 4.78 is 38.7. The van der Waals surface area contributed by atoms with E-state index in [0.29, 0.717) is 43.0 Å². The second kappa shape index (κ2) is 6.74. The number of hydrogen-bond acceptors (Lipinski definition) is 5. The molecule has 1 fully saturated rings. The lowest BCUT2D eigenvalue weighted by Crippen LogP contribution is -2.53. The quantitative estimate of drug-likeness (QED) is 0.756. The summed E-state index contributed by atoms with van der Waals surface area (Å²) in [7, 11) is -2.11. The van der Waals surface area contributed by atoms with E-state index in [2.05, 4.69) is 0 Å². The van der Waals surface area contributed by atoms with Gasteiger partial charge in [-0.1, -0.05) is 22.4 Å². The van der Waals surface area contributed by atoms with Crippen molar-refractivity contribution in [2.24, 2.45) is 0 Å². The second-order valence-corrected chi connectivity index (χ2v) is 8.90. The van der Waals surface area contributed by atoms with Crippen molar-refractivity contribution in [2.45, 2.75) is 29.8 Å². The Labute approximate surface area is 159 Å². The fourth-order valence-electron chi connectivity index (χ4n) is 3.77. The number of nitrogens with zero attached hydrogens (tertiary/aromatic N) is 1. The number of rotatable bonds is 3. The molecule has 2 aliphatic rings. The van der Waals surface area contributed by atoms with Gasteiger partial charge in [0, 0.05) is 32.0 Å². The third-order valence-electron chi connectivity index (χ3n) is 5.31. The van der Waals surface area contributed by atoms with Crippen LogP contribution in [-0.2, 0) is 14.6 Å². The third-order valence-corrected chi connectivity index (χ3v) is 7.20. The molecule has 2 aliphatic heterocycles. The van der Waals surface area contributed by atoms with Crippen molar-refractivity contribution in [2.75, 3.05) is 20.2 Å². The van der Waals surface area contributed by atoms with Crippen molar-refractivity contribution in [1.82, 2.24) is 4.31 Å². The molecule has 6 nitrogen and oxygen atoms in total. The minimum atomic E-state index is -3.61. The molecular formula is C20H21NO5S. The van der Waals surface area contributed by atoms with Crippen LogP contribution in [0.3, 0.4) is 0 Å². The lowest BCUT2D eigenvalue weighted by Gasteiger charge is -2.43. The van der Waals surface area contributed by atoms with Gasteiger partial charge in [0.05, 0.1) is 19.1 Å². The van der Waals surface area contributed by atoms with E-state index < -0.39 is 16.0 Å². The van der Waals surface area contributed by atoms with Gasteiger partial charge in [0.1, 0.15) is 17.1 Å². The van der Waals surface area contributed by atoms with Crippen LogP contribution in [0.2, 0.25) is 0 Å². The summed E-state index contributed by atoms with van der Waals surface area (Å²) in [6.07, 6.45) is 1.25. The lowest BCUT2D eigenvalue weighted by atomic mass is 9.83. The predicted molar refractivity (Wildman–Crippen MR) is 99.6 cm³/mol. The number of methoxy groups -OCH3 is 1. The SMILES string of the molecule is COc1cccc([S+](=O)([O-])N2CCC3(CC2)CC(=O)c2ccccc2O3)c1. The maximum Gasteiger partial charge on any atom is 0.179 e. The summed E-state index contributed by atoms with van der Waals surface area (Å²) in [4.78, 5) is 12.7. The third kappa shape index (κ3) is 3.26. The monoisotopic (exact) mass is 387 g/mol. The number of carbonyl (C=O) groups excluding carboxylic acids is 1. The van der Waals surface area contributed by atoms with E-state index in [1.807, 2.05) is 12.1 Å². The van der Waals surface area contributed by atoms with Gasteiger partial charge in [0.25, 0.3) is 0 Å². The van der Waals surface area contributed by atoms with Crippen molar-refractivity contribution in [3.63, 3.8) is 0 Å². The Kier molecular flexibility index (Phi) is 4.53. The molecule has 1 spiro atoms. The van der Waals surface area contributed by atoms with Crippen LogP contribution in [-0.4, -0.2) is 40.4 Å². The van der Waals surface area contributed by atoms with E-state index >= 15 is 0 Å². The van der Waals surface area contributed by atoms with Crippen molar-refractivity contribution in [3.8, 4) is 11.5 Å². The summed E-state index contributed by atoms with van der Waals surface area (Å²) in [5.74, 6) is 1.15. The van der Waals surface area contributed by atoms with Gasteiger partial charge in [-0.2, -0.15) is 0 Å². The van der Waals surface area contributed by atoms with E-state index in [1.54, 1.807) is 30.3 Å². The predicted octanol–water partition coefficient (Wildman–Crippen LogP) is 3.10. The molecule has 0 radical (unpaired) electrons. The summed E-state index contributed by atoms with van der Waals surface area (Å²) in [6, 6.07) is 13.7. The molecule has 4 rings (SSSR count). The first-order chi connectivity index (χ1) is 12.9. The number of benzene rings is 2. The molecule has 7 heteroatoms. The zero-order chi connectivity index (χ0) is 19.1. The Balaban J connectivity index is 1.52. The highest BCUT2D eigenvalue weighted by Gasteiger charge is 2.46. The second-order valence-electron chi connectivity index (χ2n) is 6.96. The number of carbonyl (C=O) groups is 1. The van der Waals surface area contributed by atoms with Gasteiger partial charge in [-0.3, -0.25) is 4.79 Å². The zero-order valence-electron chi connectivity index (χ0n) is 15.1. The standard InChI is InChI=1S/C20H21NO5S/c1-25-15-5-4-6-16(13-15)27(23,24)21-11-9-20(10-12-21)14-18(22)17-7-2-3-8-19(17)26-20/h2-8,13H,9-12,14H2,1H3. The molecule has 2 aromatic rings. The van der Waals surface area contributed by atoms with Crippen molar-refractivity contribution in [3.05, 3.63) is 54.1 Å². The van der Waals surface area contributed by atoms with Crippen LogP contribution >= 0.6 is 0 Å². The highest BCUT2D eigenvalue weighted by atomic mass is 32.3. The summed E-state index contributed by atoms with van der Waals surface area (Å²) in [5.41, 5.74) is -0.0131. The van der Waals surface area contributed by atoms with Crippen LogP contribution in [0.5, 0.6) is 11.5 Å². The molecule has 0 N–H and O–H groups in total. The molecule has 0 amide bonds. The van der Waals surface area contributed by atoms with Crippen LogP contribution in [0.1, 0.15) is 29.6 Å². The number of piperidine rings is 1. The first kappa shape index (κ1) is 18.2. The average molecular weight is 387 g/mol. The minimum Gasteiger partial charge on any atom is -0.593 e. The molecule has 142 valence electrons. The maximum atomic E-state index is 13.0. The Hall–Kier alpha value is -2.22. The highest BCUT2D eigenvalue weighted by Crippen LogP contribution is 2.40. The molecule has 0 saturated carbocycles. The average Bonchev–Trinajstić information content (AvgIpc) is 2.68. The van der Waals surface area contributed by atoms with Crippen molar-refractivity contribution >= 4 is 16.2 Å². The summed E-state index contributed by atoms with van der Waals surface area (Å²) >= 11 is 0. The number of sulfonamides is 1. The fraction of sp³-hybridized carbons (Fsp3) is 0.350. The molecule has 27 heavy (non-hydrogen) atoms. The van der Waals surface area contributed by atoms with Gasteiger partial charge >= 0.3 is 0 Å². The molecule has 2 aromatic carbocycles. The lowest BCUT2D eigenvalue weighted by molar-refractivity contribution is 0.00486. The molecular weight excluding hydrogens is 366 g/mol. The zero-order valence-corrected chi connectivity index (χ0v) is 15.9. The van der Waals surface area contributed by atoms with Crippen LogP contribution in [0.15, 0.2) is 53.4 Å². The van der Waals surface area contributed by atoms with E-state index in [4.69, 9.17) is 9.47 Å². The number of para-hydroxylation sites is 1. The van der Waals surface area contributed by atoms with E-state index in [9.17, 15) is 13.6 Å². The van der Waals surface area contributed by atoms with Gasteiger partial charge in [0.15, 0.2) is 21.1 Å². The molecule has 2 heterocycles. The summed E-state index contributed by atoms with van der Waals surface area (Å²) in [5, 5.41) is 0. The van der Waals surface area contributed by atoms with Crippen LogP contribution in [0.25, 0.3) is 0 Å². The molecule has 1 unspecified atom stereocenters. The molecule has 1 atom stereocenters. The maximum absolute atomic E-state index is 13.0. The number of ketones is 1. The normalized spacial score (nSPS) is 21.2. The number of Topliss-reactive ketones (excluding diaryl/α,β-unsaturated/α-hetero) is 1. The Morgan fingerprint density at radius 3 is 2.63 bits per heavy atom. The highest BCUT2D eigenvalue weighted by molar-refractivity contribution is 7.95. The largest absolute Gasteiger partial charge is 0.593 e.